The third kappa shape index (κ3) is 6.81. The van der Waals surface area contributed by atoms with Gasteiger partial charge in [0, 0.05) is 19.1 Å². The van der Waals surface area contributed by atoms with Crippen molar-refractivity contribution in [2.24, 2.45) is 0 Å². The predicted octanol–water partition coefficient (Wildman–Crippen LogP) is 1.09. The molecule has 0 amide bonds. The summed E-state index contributed by atoms with van der Waals surface area (Å²) < 4.78 is 54.2. The van der Waals surface area contributed by atoms with Crippen LogP contribution in [0.2, 0.25) is 0 Å². The summed E-state index contributed by atoms with van der Waals surface area (Å²) in [5, 5.41) is 0. The van der Waals surface area contributed by atoms with Gasteiger partial charge in [0.15, 0.2) is 0 Å². The van der Waals surface area contributed by atoms with Gasteiger partial charge in [-0.15, -0.1) is 0 Å². The topological polar surface area (TPSA) is 88.0 Å². The van der Waals surface area contributed by atoms with E-state index >= 15 is 0 Å². The van der Waals surface area contributed by atoms with Crippen LogP contribution in [-0.4, -0.2) is 59.9 Å². The first-order chi connectivity index (χ1) is 13.1. The summed E-state index contributed by atoms with van der Waals surface area (Å²) in [6.45, 7) is 13.6. The number of sulfonamides is 2. The molecule has 2 N–H and O–H groups in total. The highest BCUT2D eigenvalue weighted by molar-refractivity contribution is 7.89. The van der Waals surface area contributed by atoms with E-state index in [1.54, 1.807) is 13.8 Å². The predicted molar refractivity (Wildman–Crippen MR) is 112 cm³/mol. The number of nitrogens with one attached hydrogen (secondary N) is 2. The van der Waals surface area contributed by atoms with E-state index in [4.69, 9.17) is 0 Å². The Hall–Kier alpha value is -1.00. The van der Waals surface area contributed by atoms with Crippen molar-refractivity contribution in [1.29, 1.82) is 0 Å². The number of hydrogen-bond acceptors (Lipinski definition) is 4. The van der Waals surface area contributed by atoms with Crippen LogP contribution in [0.1, 0.15) is 47.5 Å². The Bertz CT molecular complexity index is 785. The van der Waals surface area contributed by atoms with E-state index in [9.17, 15) is 16.8 Å². The van der Waals surface area contributed by atoms with Gasteiger partial charge in [-0.3, -0.25) is 0 Å². The van der Waals surface area contributed by atoms with E-state index in [0.29, 0.717) is 13.1 Å². The van der Waals surface area contributed by atoms with E-state index in [1.165, 1.54) is 33.5 Å². The van der Waals surface area contributed by atoms with Crippen LogP contribution >= 0.6 is 0 Å². The molecule has 9 heteroatoms. The van der Waals surface area contributed by atoms with Crippen LogP contribution in [0.3, 0.4) is 0 Å². The summed E-state index contributed by atoms with van der Waals surface area (Å²) in [6, 6.07) is 5.24. The van der Waals surface area contributed by atoms with Gasteiger partial charge in [0.2, 0.25) is 20.0 Å². The maximum absolute atomic E-state index is 12.6. The van der Waals surface area contributed by atoms with Gasteiger partial charge < -0.3 is 4.90 Å². The van der Waals surface area contributed by atoms with Crippen molar-refractivity contribution in [3.05, 3.63) is 24.3 Å². The second-order valence-electron chi connectivity index (χ2n) is 6.93. The fourth-order valence-corrected chi connectivity index (χ4v) is 5.89. The highest BCUT2D eigenvalue weighted by Crippen LogP contribution is 2.18. The van der Waals surface area contributed by atoms with Gasteiger partial charge in [-0.05, 0) is 57.9 Å². The molecule has 0 aliphatic carbocycles. The van der Waals surface area contributed by atoms with Crippen molar-refractivity contribution in [3.8, 4) is 0 Å². The first-order valence-corrected chi connectivity index (χ1v) is 13.0. The summed E-state index contributed by atoms with van der Waals surface area (Å²) in [5.41, 5.74) is 0. The highest BCUT2D eigenvalue weighted by atomic mass is 32.2. The van der Waals surface area contributed by atoms with Crippen molar-refractivity contribution in [3.63, 3.8) is 0 Å². The largest absolute Gasteiger partial charge is 0.335 e. The molecule has 0 aliphatic rings. The zero-order valence-electron chi connectivity index (χ0n) is 17.7. The molecule has 0 fully saturated rings. The zero-order valence-corrected chi connectivity index (χ0v) is 19.4. The lowest BCUT2D eigenvalue weighted by Crippen LogP contribution is -3.11. The molecule has 1 rings (SSSR count). The standard InChI is InChI=1S/C19H35N3O4S2/c1-6-21(7-2)16-10-11-17(5)20-27(23,24)18-12-14-19(15-13-18)28(25,26)22(8-3)9-4/h12-15,17,20H,6-11,16H2,1-5H3/p+1/t17-/m0/s1. The maximum atomic E-state index is 12.6. The van der Waals surface area contributed by atoms with Gasteiger partial charge in [0.25, 0.3) is 0 Å². The molecule has 0 unspecified atom stereocenters. The summed E-state index contributed by atoms with van der Waals surface area (Å²) in [7, 11) is -7.28. The van der Waals surface area contributed by atoms with Gasteiger partial charge in [-0.25, -0.2) is 21.6 Å². The smallest absolute Gasteiger partial charge is 0.243 e. The molecule has 162 valence electrons. The van der Waals surface area contributed by atoms with Gasteiger partial charge in [0.1, 0.15) is 0 Å². The fraction of sp³-hybridized carbons (Fsp3) is 0.684. The van der Waals surface area contributed by atoms with Crippen LogP contribution < -0.4 is 9.62 Å². The van der Waals surface area contributed by atoms with E-state index in [-0.39, 0.29) is 15.8 Å². The number of quaternary nitrogens is 1. The van der Waals surface area contributed by atoms with Crippen molar-refractivity contribution in [1.82, 2.24) is 9.03 Å². The van der Waals surface area contributed by atoms with Crippen molar-refractivity contribution in [2.75, 3.05) is 32.7 Å². The Morgan fingerprint density at radius 2 is 1.43 bits per heavy atom. The zero-order chi connectivity index (χ0) is 21.4. The lowest BCUT2D eigenvalue weighted by Gasteiger charge is -2.19. The third-order valence-corrected chi connectivity index (χ3v) is 8.67. The first kappa shape index (κ1) is 25.0. The summed E-state index contributed by atoms with van der Waals surface area (Å²) in [5.74, 6) is 0. The first-order valence-electron chi connectivity index (χ1n) is 10.1. The lowest BCUT2D eigenvalue weighted by atomic mass is 10.2. The number of nitrogens with zero attached hydrogens (tertiary/aromatic N) is 1. The summed E-state index contributed by atoms with van der Waals surface area (Å²) in [4.78, 5) is 1.68. The monoisotopic (exact) mass is 434 g/mol. The van der Waals surface area contributed by atoms with Crippen molar-refractivity contribution in [2.45, 2.75) is 63.3 Å². The SMILES string of the molecule is CCN(CC)S(=O)(=O)c1ccc(S(=O)(=O)N[C@@H](C)CCC[NH+](CC)CC)cc1. The third-order valence-electron chi connectivity index (χ3n) is 5.00. The summed E-state index contributed by atoms with van der Waals surface area (Å²) >= 11 is 0. The molecule has 1 atom stereocenters. The molecule has 0 heterocycles. The molecule has 0 bridgehead atoms. The minimum Gasteiger partial charge on any atom is -0.335 e. The molecule has 1 aromatic rings. The molecule has 1 aromatic carbocycles. The van der Waals surface area contributed by atoms with E-state index < -0.39 is 20.0 Å². The van der Waals surface area contributed by atoms with E-state index in [2.05, 4.69) is 18.6 Å². The van der Waals surface area contributed by atoms with Crippen LogP contribution in [0.5, 0.6) is 0 Å². The second kappa shape index (κ2) is 11.3. The Kier molecular flexibility index (Phi) is 10.1. The minimum absolute atomic E-state index is 0.0761. The molecule has 28 heavy (non-hydrogen) atoms. The second-order valence-corrected chi connectivity index (χ2v) is 10.6. The Morgan fingerprint density at radius 1 is 0.929 bits per heavy atom. The van der Waals surface area contributed by atoms with Crippen LogP contribution in [0.15, 0.2) is 34.1 Å². The van der Waals surface area contributed by atoms with E-state index in [0.717, 1.165) is 32.5 Å². The van der Waals surface area contributed by atoms with Crippen LogP contribution in [0.25, 0.3) is 0 Å². The average Bonchev–Trinajstić information content (AvgIpc) is 2.65. The molecule has 0 radical (unpaired) electrons. The van der Waals surface area contributed by atoms with Gasteiger partial charge in [0.05, 0.1) is 29.4 Å². The number of benzene rings is 1. The van der Waals surface area contributed by atoms with Gasteiger partial charge in [-0.1, -0.05) is 13.8 Å². The quantitative estimate of drug-likeness (QED) is 0.486. The molecule has 0 saturated carbocycles. The van der Waals surface area contributed by atoms with Crippen LogP contribution in [0, 0.1) is 0 Å². The van der Waals surface area contributed by atoms with Crippen molar-refractivity contribution >= 4 is 20.0 Å². The van der Waals surface area contributed by atoms with Crippen LogP contribution in [-0.2, 0) is 20.0 Å². The van der Waals surface area contributed by atoms with E-state index in [1.807, 2.05) is 6.92 Å². The maximum Gasteiger partial charge on any atom is 0.243 e. The molecule has 0 saturated heterocycles. The van der Waals surface area contributed by atoms with Crippen LogP contribution in [0.4, 0.5) is 0 Å². The normalized spacial score (nSPS) is 14.0. The van der Waals surface area contributed by atoms with Crippen molar-refractivity contribution < 1.29 is 21.7 Å². The Morgan fingerprint density at radius 3 is 1.89 bits per heavy atom. The highest BCUT2D eigenvalue weighted by Gasteiger charge is 2.23. The number of rotatable bonds is 13. The molecular weight excluding hydrogens is 398 g/mol. The Labute approximate surface area is 171 Å². The molecule has 7 nitrogen and oxygen atoms in total. The Balaban J connectivity index is 2.79. The van der Waals surface area contributed by atoms with Gasteiger partial charge in [-0.2, -0.15) is 4.31 Å². The molecule has 0 aromatic heterocycles. The number of hydrogen-bond donors (Lipinski definition) is 2. The lowest BCUT2D eigenvalue weighted by molar-refractivity contribution is -0.896. The molecule has 0 spiro atoms. The average molecular weight is 435 g/mol. The summed E-state index contributed by atoms with van der Waals surface area (Å²) in [6.07, 6.45) is 1.71. The fourth-order valence-electron chi connectivity index (χ4n) is 3.16. The molecular formula is C19H36N3O4S2+. The molecule has 0 aliphatic heterocycles. The minimum atomic E-state index is -3.68. The van der Waals surface area contributed by atoms with Gasteiger partial charge >= 0.3 is 0 Å².